The maximum Gasteiger partial charge on any atom is 0.346 e. The Bertz CT molecular complexity index is 1240. The zero-order chi connectivity index (χ0) is 32.9. The number of ether oxygens (including phenoxy) is 6. The van der Waals surface area contributed by atoms with E-state index in [0.717, 1.165) is 95.3 Å². The van der Waals surface area contributed by atoms with E-state index in [2.05, 4.69) is 13.8 Å². The fraction of sp³-hybridized carbons (Fsp3) is 0.467. The number of carbonyl (C=O) groups excluding carboxylic acids is 4. The Morgan fingerprint density at radius 1 is 0.533 bits per heavy atom. The fourth-order valence-corrected chi connectivity index (χ4v) is 9.91. The molecule has 0 radical (unpaired) electrons. The molecule has 0 aromatic carbocycles. The van der Waals surface area contributed by atoms with Crippen LogP contribution in [0.4, 0.5) is 0 Å². The first-order valence-electron chi connectivity index (χ1n) is 14.1. The molecular weight excluding hydrogens is 681 g/mol. The molecule has 0 atom stereocenters. The zero-order valence-corrected chi connectivity index (χ0v) is 30.0. The number of unbranched alkanes of at least 4 members (excludes halogenated alkanes) is 4. The van der Waals surface area contributed by atoms with Crippen molar-refractivity contribution in [3.8, 4) is 11.5 Å². The number of thioether (sulfide) groups is 4. The summed E-state index contributed by atoms with van der Waals surface area (Å²) in [6.07, 6.45) is 9.44. The number of esters is 4. The largest absolute Gasteiger partial charge is 0.488 e. The van der Waals surface area contributed by atoms with Gasteiger partial charge in [0.1, 0.15) is 19.6 Å². The maximum atomic E-state index is 12.5. The maximum absolute atomic E-state index is 12.5. The highest BCUT2D eigenvalue weighted by Gasteiger charge is 2.35. The Hall–Kier alpha value is -2.46. The second-order valence-corrected chi connectivity index (χ2v) is 15.0. The van der Waals surface area contributed by atoms with E-state index >= 15 is 0 Å². The van der Waals surface area contributed by atoms with E-state index in [4.69, 9.17) is 28.4 Å². The lowest BCUT2D eigenvalue weighted by molar-refractivity contribution is -0.138. The van der Waals surface area contributed by atoms with E-state index in [1.54, 1.807) is 0 Å². The van der Waals surface area contributed by atoms with Crippen LogP contribution in [0.1, 0.15) is 62.1 Å². The van der Waals surface area contributed by atoms with Crippen molar-refractivity contribution in [2.24, 2.45) is 0 Å². The lowest BCUT2D eigenvalue weighted by Crippen LogP contribution is -2.08. The number of rotatable bonds is 16. The average molecular weight is 717 g/mol. The lowest BCUT2D eigenvalue weighted by Gasteiger charge is -2.11. The molecule has 2 aliphatic heterocycles. The van der Waals surface area contributed by atoms with Gasteiger partial charge in [-0.2, -0.15) is 0 Å². The highest BCUT2D eigenvalue weighted by Crippen LogP contribution is 2.55. The van der Waals surface area contributed by atoms with Crippen LogP contribution in [0.3, 0.4) is 0 Å². The standard InChI is InChI=1S/C30H36O10S5/c1-7-9-11-13-39-21-17(15-19-42-23(27(31)35-3)24(43-19)28(32)36-4)41-18(22(21)40-14-12-10-8-2)16-20-44-25(29(33)37-5)26(45-20)30(34)38-6/h15-16H,7-14H2,1-6H3. The molecule has 0 unspecified atom stereocenters. The molecule has 15 heteroatoms. The molecule has 3 heterocycles. The van der Waals surface area contributed by atoms with Gasteiger partial charge in [-0.05, 0) is 25.0 Å². The molecule has 0 spiro atoms. The minimum atomic E-state index is -0.630. The van der Waals surface area contributed by atoms with Crippen molar-refractivity contribution in [2.75, 3.05) is 41.7 Å². The van der Waals surface area contributed by atoms with Crippen molar-refractivity contribution in [3.05, 3.63) is 37.8 Å². The quantitative estimate of drug-likeness (QED) is 0.0949. The molecule has 3 rings (SSSR count). The van der Waals surface area contributed by atoms with Gasteiger partial charge in [-0.1, -0.05) is 86.6 Å². The van der Waals surface area contributed by atoms with Crippen LogP contribution in [-0.2, 0) is 38.1 Å². The predicted molar refractivity (Wildman–Crippen MR) is 183 cm³/mol. The molecule has 0 saturated heterocycles. The Labute approximate surface area is 284 Å². The van der Waals surface area contributed by atoms with Crippen molar-refractivity contribution in [1.82, 2.24) is 0 Å². The lowest BCUT2D eigenvalue weighted by atomic mass is 10.2. The Balaban J connectivity index is 2.09. The minimum Gasteiger partial charge on any atom is -0.488 e. The van der Waals surface area contributed by atoms with Crippen LogP contribution in [-0.4, -0.2) is 65.5 Å². The second-order valence-electron chi connectivity index (χ2n) is 9.22. The number of thiophene rings is 1. The van der Waals surface area contributed by atoms with Crippen molar-refractivity contribution >= 4 is 94.4 Å². The first-order chi connectivity index (χ1) is 21.7. The molecule has 246 valence electrons. The molecule has 0 fully saturated rings. The number of hydrogen-bond donors (Lipinski definition) is 0. The number of hydrogen-bond acceptors (Lipinski definition) is 15. The molecule has 1 aromatic heterocycles. The van der Waals surface area contributed by atoms with Crippen molar-refractivity contribution in [3.63, 3.8) is 0 Å². The summed E-state index contributed by atoms with van der Waals surface area (Å²) in [5, 5.41) is 0. The Morgan fingerprint density at radius 3 is 1.11 bits per heavy atom. The van der Waals surface area contributed by atoms with Crippen LogP contribution in [0.5, 0.6) is 11.5 Å². The monoisotopic (exact) mass is 716 g/mol. The fourth-order valence-electron chi connectivity index (χ4n) is 3.82. The summed E-state index contributed by atoms with van der Waals surface area (Å²) in [5.41, 5.74) is 0. The molecule has 10 nitrogen and oxygen atoms in total. The van der Waals surface area contributed by atoms with Crippen LogP contribution in [0.2, 0.25) is 0 Å². The summed E-state index contributed by atoms with van der Waals surface area (Å²) < 4.78 is 33.6. The highest BCUT2D eigenvalue weighted by molar-refractivity contribution is 8.30. The first kappa shape index (κ1) is 37.0. The smallest absolute Gasteiger partial charge is 0.346 e. The van der Waals surface area contributed by atoms with Crippen molar-refractivity contribution < 1.29 is 47.6 Å². The molecule has 0 saturated carbocycles. The van der Waals surface area contributed by atoms with Crippen LogP contribution in [0.25, 0.3) is 12.2 Å². The van der Waals surface area contributed by atoms with Gasteiger partial charge in [0.25, 0.3) is 0 Å². The normalized spacial score (nSPS) is 14.4. The Kier molecular flexibility index (Phi) is 15.3. The Morgan fingerprint density at radius 2 is 0.844 bits per heavy atom. The van der Waals surface area contributed by atoms with Gasteiger partial charge in [0.05, 0.1) is 59.9 Å². The van der Waals surface area contributed by atoms with Crippen LogP contribution >= 0.6 is 58.4 Å². The van der Waals surface area contributed by atoms with E-state index in [-0.39, 0.29) is 19.6 Å². The summed E-state index contributed by atoms with van der Waals surface area (Å²) >= 11 is 5.87. The number of carbonyl (C=O) groups is 4. The molecule has 0 amide bonds. The molecule has 0 bridgehead atoms. The SMILES string of the molecule is CCCCCOc1c(C=C2SC(C(=O)OC)=C(C(=O)OC)S2)sc(C=C2SC(C(=O)OC)=C(C(=O)OC)S2)c1OCCCCC. The minimum absolute atomic E-state index is 0.150. The molecule has 0 aliphatic carbocycles. The van der Waals surface area contributed by atoms with Crippen LogP contribution in [0, 0.1) is 0 Å². The molecular formula is C30H36O10S5. The summed E-state index contributed by atoms with van der Waals surface area (Å²) in [7, 11) is 5.02. The van der Waals surface area contributed by atoms with Gasteiger partial charge in [-0.15, -0.1) is 11.3 Å². The van der Waals surface area contributed by atoms with Gasteiger partial charge >= 0.3 is 23.9 Å². The summed E-state index contributed by atoms with van der Waals surface area (Å²) in [6, 6.07) is 0. The topological polar surface area (TPSA) is 124 Å². The average Bonchev–Trinajstić information content (AvgIpc) is 3.76. The summed E-state index contributed by atoms with van der Waals surface area (Å²) in [6.45, 7) is 5.15. The van der Waals surface area contributed by atoms with Crippen molar-refractivity contribution in [1.29, 1.82) is 0 Å². The summed E-state index contributed by atoms with van der Waals surface area (Å²) in [5.74, 6) is -1.43. The number of methoxy groups -OCH3 is 4. The van der Waals surface area contributed by atoms with E-state index in [1.165, 1.54) is 39.8 Å². The van der Waals surface area contributed by atoms with E-state index in [1.807, 2.05) is 12.2 Å². The van der Waals surface area contributed by atoms with Crippen LogP contribution < -0.4 is 9.47 Å². The third kappa shape index (κ3) is 9.77. The predicted octanol–water partition coefficient (Wildman–Crippen LogP) is 7.56. The van der Waals surface area contributed by atoms with Gasteiger partial charge < -0.3 is 28.4 Å². The third-order valence-electron chi connectivity index (χ3n) is 6.07. The van der Waals surface area contributed by atoms with E-state index in [0.29, 0.717) is 33.2 Å². The molecule has 2 aliphatic rings. The molecule has 0 N–H and O–H groups in total. The van der Waals surface area contributed by atoms with Gasteiger partial charge in [0.15, 0.2) is 11.5 Å². The highest BCUT2D eigenvalue weighted by atomic mass is 32.2. The van der Waals surface area contributed by atoms with Gasteiger partial charge in [-0.3, -0.25) is 0 Å². The molecule has 1 aromatic rings. The zero-order valence-electron chi connectivity index (χ0n) is 25.9. The second kappa shape index (κ2) is 18.6. The first-order valence-corrected chi connectivity index (χ1v) is 18.2. The van der Waals surface area contributed by atoms with Gasteiger partial charge in [0, 0.05) is 0 Å². The van der Waals surface area contributed by atoms with Gasteiger partial charge in [-0.25, -0.2) is 19.2 Å². The third-order valence-corrected chi connectivity index (χ3v) is 11.9. The molecule has 45 heavy (non-hydrogen) atoms. The van der Waals surface area contributed by atoms with Crippen molar-refractivity contribution in [2.45, 2.75) is 52.4 Å². The van der Waals surface area contributed by atoms with Gasteiger partial charge in [0.2, 0.25) is 0 Å². The summed E-state index contributed by atoms with van der Waals surface area (Å²) in [4.78, 5) is 51.9. The van der Waals surface area contributed by atoms with E-state index < -0.39 is 23.9 Å². The van der Waals surface area contributed by atoms with E-state index in [9.17, 15) is 19.2 Å². The van der Waals surface area contributed by atoms with Crippen LogP contribution in [0.15, 0.2) is 28.1 Å².